The largest absolute Gasteiger partial charge is 0.444 e. The van der Waals surface area contributed by atoms with Crippen molar-refractivity contribution in [1.82, 2.24) is 25.1 Å². The first kappa shape index (κ1) is 18.3. The minimum absolute atomic E-state index is 0.307. The van der Waals surface area contributed by atoms with Crippen molar-refractivity contribution in [1.29, 1.82) is 0 Å². The number of nitrogens with one attached hydrogen (secondary N) is 1. The van der Waals surface area contributed by atoms with Gasteiger partial charge in [-0.25, -0.2) is 19.2 Å². The van der Waals surface area contributed by atoms with Crippen LogP contribution in [0.2, 0.25) is 0 Å². The van der Waals surface area contributed by atoms with Crippen LogP contribution in [0.3, 0.4) is 0 Å². The highest BCUT2D eigenvalue weighted by Crippen LogP contribution is 2.33. The number of amides is 1. The zero-order valence-electron chi connectivity index (χ0n) is 16.3. The van der Waals surface area contributed by atoms with E-state index in [1.54, 1.807) is 17.3 Å². The highest BCUT2D eigenvalue weighted by molar-refractivity contribution is 5.76. The molecule has 4 rings (SSSR count). The summed E-state index contributed by atoms with van der Waals surface area (Å²) < 4.78 is 20.4. The molecule has 0 spiro atoms. The number of hydrogen-bond donors (Lipinski definition) is 1. The Balaban J connectivity index is 1.72. The van der Waals surface area contributed by atoms with Crippen molar-refractivity contribution in [3.8, 4) is 11.4 Å². The molecule has 1 amide bonds. The van der Waals surface area contributed by atoms with E-state index in [-0.39, 0.29) is 11.9 Å². The smallest absolute Gasteiger partial charge is 0.410 e. The standard InChI is InChI=1S/C20H22FN5O2/c1-11-13-10-26(19(27)28-20(2,3)4)6-5-12(13)7-14(21)17(11)18-22-8-16-15(24-18)9-23-25-16/h7-9H,5-6,10H2,1-4H3,(H,23,25). The first-order chi connectivity index (χ1) is 13.2. The minimum Gasteiger partial charge on any atom is -0.444 e. The number of halogens is 1. The second-order valence-corrected chi connectivity index (χ2v) is 8.01. The summed E-state index contributed by atoms with van der Waals surface area (Å²) in [6.45, 7) is 8.23. The molecular weight excluding hydrogens is 361 g/mol. The molecule has 28 heavy (non-hydrogen) atoms. The first-order valence-corrected chi connectivity index (χ1v) is 9.18. The van der Waals surface area contributed by atoms with Crippen LogP contribution in [0.4, 0.5) is 9.18 Å². The highest BCUT2D eigenvalue weighted by Gasteiger charge is 2.28. The molecule has 0 aliphatic carbocycles. The van der Waals surface area contributed by atoms with E-state index in [0.29, 0.717) is 41.9 Å². The molecule has 1 aliphatic heterocycles. The molecule has 2 aromatic heterocycles. The Bertz CT molecular complexity index is 1070. The summed E-state index contributed by atoms with van der Waals surface area (Å²) in [6.07, 6.45) is 3.39. The summed E-state index contributed by atoms with van der Waals surface area (Å²) in [6, 6.07) is 1.53. The number of carbonyl (C=O) groups is 1. The van der Waals surface area contributed by atoms with Gasteiger partial charge in [0.1, 0.15) is 22.5 Å². The lowest BCUT2D eigenvalue weighted by molar-refractivity contribution is 0.0223. The van der Waals surface area contributed by atoms with Gasteiger partial charge in [0.2, 0.25) is 0 Å². The molecule has 0 bridgehead atoms. The number of H-pyrrole nitrogens is 1. The molecule has 1 aromatic carbocycles. The van der Waals surface area contributed by atoms with Crippen molar-refractivity contribution in [2.45, 2.75) is 46.3 Å². The molecule has 0 fully saturated rings. The Kier molecular flexibility index (Phi) is 4.28. The summed E-state index contributed by atoms with van der Waals surface area (Å²) in [7, 11) is 0. The number of aromatic nitrogens is 4. The lowest BCUT2D eigenvalue weighted by Gasteiger charge is -2.32. The predicted octanol–water partition coefficient (Wildman–Crippen LogP) is 3.76. The third-order valence-corrected chi connectivity index (χ3v) is 4.82. The second kappa shape index (κ2) is 6.54. The Hall–Kier alpha value is -3.03. The van der Waals surface area contributed by atoms with Crippen molar-refractivity contribution >= 4 is 17.1 Å². The van der Waals surface area contributed by atoms with Gasteiger partial charge in [0.25, 0.3) is 0 Å². The quantitative estimate of drug-likeness (QED) is 0.692. The minimum atomic E-state index is -0.561. The third kappa shape index (κ3) is 3.30. The van der Waals surface area contributed by atoms with Crippen LogP contribution < -0.4 is 0 Å². The number of aromatic amines is 1. The second-order valence-electron chi connectivity index (χ2n) is 8.01. The monoisotopic (exact) mass is 383 g/mol. The highest BCUT2D eigenvalue weighted by atomic mass is 19.1. The average Bonchev–Trinajstić information content (AvgIpc) is 3.08. The van der Waals surface area contributed by atoms with Gasteiger partial charge in [-0.05, 0) is 56.9 Å². The Labute approximate surface area is 161 Å². The van der Waals surface area contributed by atoms with Crippen LogP contribution in [0.1, 0.15) is 37.5 Å². The molecule has 0 radical (unpaired) electrons. The van der Waals surface area contributed by atoms with E-state index >= 15 is 0 Å². The molecule has 1 N–H and O–H groups in total. The molecule has 3 aromatic rings. The maximum atomic E-state index is 14.9. The van der Waals surface area contributed by atoms with Gasteiger partial charge in [0.15, 0.2) is 5.82 Å². The van der Waals surface area contributed by atoms with Crippen LogP contribution in [0.5, 0.6) is 0 Å². The topological polar surface area (TPSA) is 84.0 Å². The number of hydrogen-bond acceptors (Lipinski definition) is 5. The van der Waals surface area contributed by atoms with Crippen LogP contribution in [0.25, 0.3) is 22.4 Å². The van der Waals surface area contributed by atoms with Gasteiger partial charge in [-0.15, -0.1) is 0 Å². The van der Waals surface area contributed by atoms with Crippen LogP contribution in [0.15, 0.2) is 18.5 Å². The summed E-state index contributed by atoms with van der Waals surface area (Å²) >= 11 is 0. The van der Waals surface area contributed by atoms with Crippen molar-refractivity contribution in [2.24, 2.45) is 0 Å². The molecule has 146 valence electrons. The summed E-state index contributed by atoms with van der Waals surface area (Å²) in [4.78, 5) is 22.8. The molecule has 0 atom stereocenters. The SMILES string of the molecule is Cc1c2c(cc(F)c1-c1ncc3[nH]ncc3n1)CCN(C(=O)OC(C)(C)C)C2. The molecule has 7 nitrogen and oxygen atoms in total. The zero-order chi connectivity index (χ0) is 20.1. The van der Waals surface area contributed by atoms with E-state index in [4.69, 9.17) is 4.74 Å². The van der Waals surface area contributed by atoms with Crippen LogP contribution >= 0.6 is 0 Å². The molecule has 8 heteroatoms. The lowest BCUT2D eigenvalue weighted by atomic mass is 9.91. The number of benzene rings is 1. The molecular formula is C20H22FN5O2. The van der Waals surface area contributed by atoms with Gasteiger partial charge in [-0.3, -0.25) is 5.10 Å². The molecule has 0 saturated heterocycles. The maximum Gasteiger partial charge on any atom is 0.410 e. The summed E-state index contributed by atoms with van der Waals surface area (Å²) in [5.41, 5.74) is 3.67. The van der Waals surface area contributed by atoms with Crippen LogP contribution in [-0.2, 0) is 17.7 Å². The van der Waals surface area contributed by atoms with Crippen LogP contribution in [-0.4, -0.2) is 43.3 Å². The number of rotatable bonds is 1. The average molecular weight is 383 g/mol. The fourth-order valence-electron chi connectivity index (χ4n) is 3.47. The van der Waals surface area contributed by atoms with Gasteiger partial charge in [-0.1, -0.05) is 0 Å². The van der Waals surface area contributed by atoms with E-state index in [9.17, 15) is 9.18 Å². The number of fused-ring (bicyclic) bond motifs is 2. The van der Waals surface area contributed by atoms with E-state index < -0.39 is 5.60 Å². The predicted molar refractivity (Wildman–Crippen MR) is 102 cm³/mol. The maximum absolute atomic E-state index is 14.9. The van der Waals surface area contributed by atoms with E-state index in [2.05, 4.69) is 20.2 Å². The Morgan fingerprint density at radius 3 is 2.86 bits per heavy atom. The first-order valence-electron chi connectivity index (χ1n) is 9.18. The number of carbonyl (C=O) groups excluding carboxylic acids is 1. The van der Waals surface area contributed by atoms with E-state index in [1.165, 1.54) is 6.07 Å². The number of nitrogens with zero attached hydrogens (tertiary/aromatic N) is 4. The molecule has 3 heterocycles. The van der Waals surface area contributed by atoms with Gasteiger partial charge in [-0.2, -0.15) is 5.10 Å². The number of ether oxygens (including phenoxy) is 1. The van der Waals surface area contributed by atoms with Gasteiger partial charge >= 0.3 is 6.09 Å². The third-order valence-electron chi connectivity index (χ3n) is 4.82. The summed E-state index contributed by atoms with van der Waals surface area (Å²) in [5.74, 6) is -0.0501. The summed E-state index contributed by atoms with van der Waals surface area (Å²) in [5, 5.41) is 6.72. The van der Waals surface area contributed by atoms with Gasteiger partial charge in [0.05, 0.1) is 18.0 Å². The normalized spacial score (nSPS) is 14.2. The van der Waals surface area contributed by atoms with E-state index in [1.807, 2.05) is 27.7 Å². The Morgan fingerprint density at radius 1 is 1.32 bits per heavy atom. The van der Waals surface area contributed by atoms with Crippen LogP contribution in [0, 0.1) is 12.7 Å². The molecule has 0 unspecified atom stereocenters. The molecule has 0 saturated carbocycles. The van der Waals surface area contributed by atoms with Gasteiger partial charge in [0, 0.05) is 13.1 Å². The lowest BCUT2D eigenvalue weighted by Crippen LogP contribution is -2.40. The van der Waals surface area contributed by atoms with E-state index in [0.717, 1.165) is 16.7 Å². The molecule has 1 aliphatic rings. The Morgan fingerprint density at radius 2 is 2.11 bits per heavy atom. The van der Waals surface area contributed by atoms with Crippen molar-refractivity contribution in [3.05, 3.63) is 41.0 Å². The fraction of sp³-hybridized carbons (Fsp3) is 0.400. The van der Waals surface area contributed by atoms with Gasteiger partial charge < -0.3 is 9.64 Å². The zero-order valence-corrected chi connectivity index (χ0v) is 16.3. The van der Waals surface area contributed by atoms with Crippen molar-refractivity contribution < 1.29 is 13.9 Å². The fourth-order valence-corrected chi connectivity index (χ4v) is 3.47. The van der Waals surface area contributed by atoms with Crippen molar-refractivity contribution in [2.75, 3.05) is 6.54 Å². The van der Waals surface area contributed by atoms with Crippen molar-refractivity contribution in [3.63, 3.8) is 0 Å².